The van der Waals surface area contributed by atoms with E-state index in [1.807, 2.05) is 38.1 Å². The number of hydrogen-bond donors (Lipinski definition) is 0. The van der Waals surface area contributed by atoms with Crippen LogP contribution in [0.3, 0.4) is 0 Å². The normalized spacial score (nSPS) is 19.1. The predicted octanol–water partition coefficient (Wildman–Crippen LogP) is 2.74. The molecule has 1 aliphatic rings. The fourth-order valence-corrected chi connectivity index (χ4v) is 5.08. The number of sulfone groups is 1. The Hall–Kier alpha value is -1.71. The summed E-state index contributed by atoms with van der Waals surface area (Å²) in [4.78, 5) is 2.33. The average molecular weight is 398 g/mol. The Bertz CT molecular complexity index is 920. The van der Waals surface area contributed by atoms with Crippen molar-refractivity contribution in [3.8, 4) is 17.2 Å². The summed E-state index contributed by atoms with van der Waals surface area (Å²) in [6, 6.07) is 7.49. The van der Waals surface area contributed by atoms with Gasteiger partial charge in [0.05, 0.1) is 30.3 Å². The minimum absolute atomic E-state index is 0.0113. The van der Waals surface area contributed by atoms with E-state index >= 15 is 0 Å². The molecule has 3 rings (SSSR count). The summed E-state index contributed by atoms with van der Waals surface area (Å²) in [6.45, 7) is 5.56. The quantitative estimate of drug-likeness (QED) is 0.665. The highest BCUT2D eigenvalue weighted by Crippen LogP contribution is 2.29. The molecule has 7 nitrogen and oxygen atoms in total. The fraction of sp³-hybridized carbons (Fsp3) is 0.529. The molecule has 0 saturated carbocycles. The molecule has 1 aromatic heterocycles. The zero-order chi connectivity index (χ0) is 18.7. The molecule has 0 radical (unpaired) electrons. The van der Waals surface area contributed by atoms with Gasteiger partial charge in [0.2, 0.25) is 0 Å². The predicted molar refractivity (Wildman–Crippen MR) is 101 cm³/mol. The van der Waals surface area contributed by atoms with Gasteiger partial charge in [-0.3, -0.25) is 4.90 Å². The van der Waals surface area contributed by atoms with Crippen LogP contribution in [0.2, 0.25) is 0 Å². The van der Waals surface area contributed by atoms with Gasteiger partial charge in [0.15, 0.2) is 9.84 Å². The van der Waals surface area contributed by atoms with Crippen molar-refractivity contribution >= 4 is 22.1 Å². The third-order valence-corrected chi connectivity index (χ3v) is 6.51. The van der Waals surface area contributed by atoms with Crippen molar-refractivity contribution in [3.05, 3.63) is 29.1 Å². The highest BCUT2D eigenvalue weighted by Gasteiger charge is 2.32. The van der Waals surface area contributed by atoms with Gasteiger partial charge in [0.25, 0.3) is 10.7 Å². The third-order valence-electron chi connectivity index (χ3n) is 4.47. The van der Waals surface area contributed by atoms with E-state index in [1.165, 1.54) is 0 Å². The van der Waals surface area contributed by atoms with Crippen LogP contribution in [0, 0.1) is 4.84 Å². The summed E-state index contributed by atoms with van der Waals surface area (Å²) >= 11 is 5.31. The van der Waals surface area contributed by atoms with Crippen molar-refractivity contribution in [2.75, 3.05) is 24.7 Å². The van der Waals surface area contributed by atoms with E-state index in [1.54, 1.807) is 4.68 Å². The van der Waals surface area contributed by atoms with Gasteiger partial charge in [-0.05, 0) is 44.2 Å². The molecule has 0 spiro atoms. The molecule has 1 saturated heterocycles. The first kappa shape index (κ1) is 19.1. The van der Waals surface area contributed by atoms with Crippen LogP contribution in [0.15, 0.2) is 28.7 Å². The lowest BCUT2D eigenvalue weighted by Gasteiger charge is -2.25. The molecule has 0 bridgehead atoms. The Kier molecular flexibility index (Phi) is 5.79. The number of hydrogen-bond acceptors (Lipinski definition) is 7. The van der Waals surface area contributed by atoms with Crippen molar-refractivity contribution in [2.45, 2.75) is 33.0 Å². The van der Waals surface area contributed by atoms with Crippen molar-refractivity contribution in [1.29, 1.82) is 0 Å². The highest BCUT2D eigenvalue weighted by molar-refractivity contribution is 7.91. The lowest BCUT2D eigenvalue weighted by Crippen LogP contribution is -2.37. The van der Waals surface area contributed by atoms with Gasteiger partial charge >= 0.3 is 0 Å². The maximum Gasteiger partial charge on any atom is 0.288 e. The second kappa shape index (κ2) is 7.89. The van der Waals surface area contributed by atoms with Crippen molar-refractivity contribution in [2.24, 2.45) is 0 Å². The van der Waals surface area contributed by atoms with E-state index in [4.69, 9.17) is 21.4 Å². The Morgan fingerprint density at radius 1 is 1.38 bits per heavy atom. The van der Waals surface area contributed by atoms with Crippen LogP contribution in [0.4, 0.5) is 0 Å². The number of para-hydroxylation sites is 1. The molecular formula is C17H23N3O4S2. The van der Waals surface area contributed by atoms with E-state index in [-0.39, 0.29) is 22.4 Å². The van der Waals surface area contributed by atoms with E-state index < -0.39 is 9.84 Å². The largest absolute Gasteiger partial charge is 0.493 e. The summed E-state index contributed by atoms with van der Waals surface area (Å²) in [6.07, 6.45) is 0.640. The zero-order valence-corrected chi connectivity index (χ0v) is 16.6. The first-order chi connectivity index (χ1) is 12.4. The number of nitrogens with zero attached hydrogens (tertiary/aromatic N) is 3. The Morgan fingerprint density at radius 2 is 2.15 bits per heavy atom. The molecule has 0 aliphatic carbocycles. The average Bonchev–Trinajstić information content (AvgIpc) is 3.15. The van der Waals surface area contributed by atoms with Crippen LogP contribution in [0.5, 0.6) is 5.75 Å². The number of rotatable bonds is 7. The molecule has 1 atom stereocenters. The van der Waals surface area contributed by atoms with Crippen LogP contribution in [-0.2, 0) is 16.5 Å². The molecule has 1 aliphatic heterocycles. The van der Waals surface area contributed by atoms with E-state index in [9.17, 15) is 8.42 Å². The summed E-state index contributed by atoms with van der Waals surface area (Å²) in [7, 11) is -2.94. The molecule has 2 heterocycles. The van der Waals surface area contributed by atoms with E-state index in [0.29, 0.717) is 37.9 Å². The first-order valence-electron chi connectivity index (χ1n) is 8.68. The summed E-state index contributed by atoms with van der Waals surface area (Å²) in [5, 5.41) is 4.49. The van der Waals surface area contributed by atoms with Gasteiger partial charge in [-0.1, -0.05) is 19.1 Å². The standard InChI is InChI=1S/C17H23N3O4S2/c1-3-19(13-9-10-26(21,22)11-13)12-20-17(25)24-16(18-20)14-7-5-6-8-15(14)23-4-2/h5-8,13H,3-4,9-12H2,1-2H3/t13-/m1/s1. The van der Waals surface area contributed by atoms with Crippen LogP contribution in [0.25, 0.3) is 11.5 Å². The highest BCUT2D eigenvalue weighted by atomic mass is 32.2. The van der Waals surface area contributed by atoms with Gasteiger partial charge in [-0.15, -0.1) is 5.10 Å². The first-order valence-corrected chi connectivity index (χ1v) is 10.9. The molecule has 26 heavy (non-hydrogen) atoms. The van der Waals surface area contributed by atoms with Gasteiger partial charge in [-0.2, -0.15) is 0 Å². The van der Waals surface area contributed by atoms with Crippen molar-refractivity contribution in [3.63, 3.8) is 0 Å². The van der Waals surface area contributed by atoms with Crippen LogP contribution in [0.1, 0.15) is 20.3 Å². The SMILES string of the molecule is CCOc1ccccc1-c1nn(CN(CC)[C@@H]2CCS(=O)(=O)C2)c(=S)o1. The molecule has 142 valence electrons. The summed E-state index contributed by atoms with van der Waals surface area (Å²) in [5.74, 6) is 1.51. The van der Waals surface area contributed by atoms with Gasteiger partial charge < -0.3 is 9.15 Å². The Morgan fingerprint density at radius 3 is 2.81 bits per heavy atom. The lowest BCUT2D eigenvalue weighted by molar-refractivity contribution is 0.162. The zero-order valence-electron chi connectivity index (χ0n) is 14.9. The van der Waals surface area contributed by atoms with Crippen LogP contribution >= 0.6 is 12.2 Å². The molecule has 1 fully saturated rings. The van der Waals surface area contributed by atoms with E-state index in [0.717, 1.165) is 5.56 Å². The second-order valence-electron chi connectivity index (χ2n) is 6.21. The van der Waals surface area contributed by atoms with E-state index in [2.05, 4.69) is 10.00 Å². The Labute approximate surface area is 158 Å². The maximum atomic E-state index is 11.8. The Balaban J connectivity index is 1.83. The number of aromatic nitrogens is 2. The summed E-state index contributed by atoms with van der Waals surface area (Å²) in [5.41, 5.74) is 0.741. The van der Waals surface area contributed by atoms with Crippen molar-refractivity contribution < 1.29 is 17.6 Å². The molecule has 0 N–H and O–H groups in total. The topological polar surface area (TPSA) is 77.6 Å². The maximum absolute atomic E-state index is 11.8. The third kappa shape index (κ3) is 4.16. The molecule has 0 unspecified atom stereocenters. The summed E-state index contributed by atoms with van der Waals surface area (Å²) < 4.78 is 36.4. The van der Waals surface area contributed by atoms with Gasteiger partial charge in [0, 0.05) is 6.04 Å². The van der Waals surface area contributed by atoms with Gasteiger partial charge in [-0.25, -0.2) is 13.1 Å². The van der Waals surface area contributed by atoms with Crippen molar-refractivity contribution in [1.82, 2.24) is 14.7 Å². The molecule has 2 aromatic rings. The number of ether oxygens (including phenoxy) is 1. The molecule has 0 amide bonds. The molecular weight excluding hydrogens is 374 g/mol. The van der Waals surface area contributed by atoms with Gasteiger partial charge in [0.1, 0.15) is 5.75 Å². The molecule has 9 heteroatoms. The fourth-order valence-electron chi connectivity index (χ4n) is 3.14. The second-order valence-corrected chi connectivity index (χ2v) is 8.78. The van der Waals surface area contributed by atoms with Crippen LogP contribution in [-0.4, -0.2) is 53.8 Å². The lowest BCUT2D eigenvalue weighted by atomic mass is 10.2. The molecule has 1 aromatic carbocycles. The number of benzene rings is 1. The van der Waals surface area contributed by atoms with Crippen LogP contribution < -0.4 is 4.74 Å². The monoisotopic (exact) mass is 397 g/mol. The smallest absolute Gasteiger partial charge is 0.288 e. The minimum Gasteiger partial charge on any atom is -0.493 e. The minimum atomic E-state index is -2.94.